The topological polar surface area (TPSA) is 149 Å². The van der Waals surface area contributed by atoms with Crippen molar-refractivity contribution < 1.29 is 52.5 Å². The molecule has 11 nitrogen and oxygen atoms in total. The fraction of sp³-hybridized carbons (Fsp3) is 0.440. The average Bonchev–Trinajstić information content (AvgIpc) is 3.21. The monoisotopic (exact) mass is 838 g/mol. The molecule has 0 saturated heterocycles. The number of carbonyl (C=O) groups is 6. The van der Waals surface area contributed by atoms with Crippen LogP contribution < -0.4 is 4.74 Å². The number of hydrogen-bond acceptors (Lipinski definition) is 11. The molecule has 0 atom stereocenters. The van der Waals surface area contributed by atoms with Crippen LogP contribution >= 0.6 is 0 Å². The maximum Gasteiger partial charge on any atom is 0.333 e. The van der Waals surface area contributed by atoms with Crippen LogP contribution in [0.2, 0.25) is 0 Å². The maximum atomic E-state index is 12.4. The second-order valence-electron chi connectivity index (χ2n) is 15.5. The molecule has 3 aromatic carbocycles. The van der Waals surface area contributed by atoms with Crippen LogP contribution in [0.25, 0.3) is 22.3 Å². The summed E-state index contributed by atoms with van der Waals surface area (Å²) in [5, 5.41) is 0. The van der Waals surface area contributed by atoms with E-state index in [4.69, 9.17) is 23.7 Å². The second kappa shape index (κ2) is 25.7. The zero-order chi connectivity index (χ0) is 44.9. The largest absolute Gasteiger partial charge is 0.492 e. The standard InChI is InChI=1S/C50H62O11/c1-9-11-12-14-37-16-18-40(19-17-37)41-20-21-45(39(10-2)27-41)44-28-42(15-13-23-57-49(55)33(3)4)48(43(29-44)22-24-58-50(56)34(5)6)61-32-38(30-59-46(53)25-35(7)51)31-60-47(54)26-36(8)52/h16-21,27-29,38H,3,5,9-15,22-26,30-32H2,1-2,4,6-8H3. The molecule has 61 heavy (non-hydrogen) atoms. The van der Waals surface area contributed by atoms with E-state index in [1.165, 1.54) is 38.7 Å². The third-order valence-corrected chi connectivity index (χ3v) is 9.73. The molecule has 0 N–H and O–H groups in total. The summed E-state index contributed by atoms with van der Waals surface area (Å²) in [6.07, 6.45) is 5.65. The number of aryl methyl sites for hydroxylation is 3. The normalized spacial score (nSPS) is 10.8. The summed E-state index contributed by atoms with van der Waals surface area (Å²) >= 11 is 0. The van der Waals surface area contributed by atoms with Gasteiger partial charge in [0, 0.05) is 17.6 Å². The number of hydrogen-bond donors (Lipinski definition) is 0. The van der Waals surface area contributed by atoms with E-state index >= 15 is 0 Å². The number of esters is 4. The highest BCUT2D eigenvalue weighted by Gasteiger charge is 2.22. The van der Waals surface area contributed by atoms with Crippen molar-refractivity contribution >= 4 is 35.4 Å². The van der Waals surface area contributed by atoms with Crippen LogP contribution in [-0.2, 0) is 73.4 Å². The van der Waals surface area contributed by atoms with Crippen LogP contribution in [0.4, 0.5) is 0 Å². The van der Waals surface area contributed by atoms with Gasteiger partial charge in [-0.2, -0.15) is 0 Å². The Balaban J connectivity index is 2.09. The first-order chi connectivity index (χ1) is 29.1. The Labute approximate surface area is 360 Å². The highest BCUT2D eigenvalue weighted by molar-refractivity contribution is 5.94. The average molecular weight is 839 g/mol. The van der Waals surface area contributed by atoms with Crippen LogP contribution in [0.15, 0.2) is 78.9 Å². The number of Topliss-reactive ketones (excluding diaryl/α,β-unsaturated/α-hetero) is 2. The van der Waals surface area contributed by atoms with Crippen LogP contribution in [0.3, 0.4) is 0 Å². The Bertz CT molecular complexity index is 1990. The zero-order valence-corrected chi connectivity index (χ0v) is 36.8. The molecule has 0 saturated carbocycles. The van der Waals surface area contributed by atoms with E-state index in [1.807, 2.05) is 12.1 Å². The van der Waals surface area contributed by atoms with Gasteiger partial charge < -0.3 is 23.7 Å². The van der Waals surface area contributed by atoms with Crippen molar-refractivity contribution in [2.24, 2.45) is 5.92 Å². The van der Waals surface area contributed by atoms with E-state index < -0.39 is 42.6 Å². The van der Waals surface area contributed by atoms with Gasteiger partial charge in [-0.3, -0.25) is 19.2 Å². The third kappa shape index (κ3) is 17.3. The summed E-state index contributed by atoms with van der Waals surface area (Å²) in [7, 11) is 0. The minimum absolute atomic E-state index is 0.0178. The smallest absolute Gasteiger partial charge is 0.333 e. The second-order valence-corrected chi connectivity index (χ2v) is 15.5. The molecular formula is C50H62O11. The molecule has 0 spiro atoms. The first-order valence-corrected chi connectivity index (χ1v) is 21.1. The molecule has 0 aliphatic rings. The van der Waals surface area contributed by atoms with Crippen molar-refractivity contribution in [3.05, 3.63) is 101 Å². The first kappa shape index (κ1) is 49.5. The lowest BCUT2D eigenvalue weighted by Gasteiger charge is -2.23. The van der Waals surface area contributed by atoms with Gasteiger partial charge in [0.1, 0.15) is 43.4 Å². The number of carbonyl (C=O) groups excluding carboxylic acids is 6. The molecule has 0 aliphatic carbocycles. The lowest BCUT2D eigenvalue weighted by atomic mass is 9.90. The summed E-state index contributed by atoms with van der Waals surface area (Å²) in [6.45, 7) is 16.9. The minimum Gasteiger partial charge on any atom is -0.492 e. The maximum absolute atomic E-state index is 12.4. The van der Waals surface area contributed by atoms with E-state index in [2.05, 4.69) is 69.5 Å². The zero-order valence-electron chi connectivity index (χ0n) is 36.8. The first-order valence-electron chi connectivity index (χ1n) is 21.1. The van der Waals surface area contributed by atoms with Crippen molar-refractivity contribution in [3.8, 4) is 28.0 Å². The number of ketones is 2. The van der Waals surface area contributed by atoms with Crippen LogP contribution in [0, 0.1) is 5.92 Å². The molecule has 0 amide bonds. The summed E-state index contributed by atoms with van der Waals surface area (Å²) < 4.78 is 28.2. The molecule has 11 heteroatoms. The SMILES string of the molecule is C=C(C)C(=O)OCCCc1cc(-c2ccc(-c3ccc(CCCCC)cc3)cc2CC)cc(CCOC(=O)C(=C)C)c1OCC(COC(=O)CC(C)=O)COC(=O)CC(C)=O. The van der Waals surface area contributed by atoms with Gasteiger partial charge in [0.15, 0.2) is 0 Å². The lowest BCUT2D eigenvalue weighted by Crippen LogP contribution is -2.27. The number of benzene rings is 3. The van der Waals surface area contributed by atoms with E-state index in [9.17, 15) is 28.8 Å². The fourth-order valence-corrected chi connectivity index (χ4v) is 6.46. The minimum atomic E-state index is -0.737. The van der Waals surface area contributed by atoms with E-state index in [0.29, 0.717) is 24.2 Å². The highest BCUT2D eigenvalue weighted by Crippen LogP contribution is 2.36. The molecule has 0 aliphatic heterocycles. The van der Waals surface area contributed by atoms with Crippen molar-refractivity contribution in [1.29, 1.82) is 0 Å². The molecular weight excluding hydrogens is 777 g/mol. The van der Waals surface area contributed by atoms with Crippen LogP contribution in [-0.4, -0.2) is 68.5 Å². The summed E-state index contributed by atoms with van der Waals surface area (Å²) in [5.74, 6) is -3.44. The molecule has 0 heterocycles. The summed E-state index contributed by atoms with van der Waals surface area (Å²) in [6, 6.07) is 19.2. The van der Waals surface area contributed by atoms with Gasteiger partial charge in [-0.25, -0.2) is 9.59 Å². The van der Waals surface area contributed by atoms with Crippen LogP contribution in [0.5, 0.6) is 5.75 Å². The molecule has 0 bridgehead atoms. The van der Waals surface area contributed by atoms with Gasteiger partial charge in [-0.1, -0.05) is 82.3 Å². The van der Waals surface area contributed by atoms with E-state index in [1.54, 1.807) is 13.8 Å². The van der Waals surface area contributed by atoms with Crippen LogP contribution in [0.1, 0.15) is 102 Å². The Kier molecular flexibility index (Phi) is 20.9. The predicted molar refractivity (Wildman–Crippen MR) is 235 cm³/mol. The van der Waals surface area contributed by atoms with E-state index in [-0.39, 0.29) is 62.2 Å². The Morgan fingerprint density at radius 2 is 1.10 bits per heavy atom. The van der Waals surface area contributed by atoms with E-state index in [0.717, 1.165) is 46.2 Å². The van der Waals surface area contributed by atoms with Gasteiger partial charge in [-0.15, -0.1) is 0 Å². The lowest BCUT2D eigenvalue weighted by molar-refractivity contribution is -0.151. The quantitative estimate of drug-likeness (QED) is 0.0238. The van der Waals surface area contributed by atoms with Crippen molar-refractivity contribution in [1.82, 2.24) is 0 Å². The number of ether oxygens (including phenoxy) is 5. The Morgan fingerprint density at radius 3 is 1.64 bits per heavy atom. The van der Waals surface area contributed by atoms with Gasteiger partial charge in [-0.05, 0) is 116 Å². The molecule has 0 unspecified atom stereocenters. The van der Waals surface area contributed by atoms with Gasteiger partial charge in [0.25, 0.3) is 0 Å². The van der Waals surface area contributed by atoms with Gasteiger partial charge in [0.2, 0.25) is 0 Å². The van der Waals surface area contributed by atoms with Crippen molar-refractivity contribution in [2.75, 3.05) is 33.0 Å². The molecule has 3 rings (SSSR count). The summed E-state index contributed by atoms with van der Waals surface area (Å²) in [4.78, 5) is 72.4. The fourth-order valence-electron chi connectivity index (χ4n) is 6.46. The van der Waals surface area contributed by atoms with Gasteiger partial charge >= 0.3 is 23.9 Å². The molecule has 3 aromatic rings. The Hall–Kier alpha value is -5.84. The predicted octanol–water partition coefficient (Wildman–Crippen LogP) is 9.07. The number of rotatable bonds is 27. The summed E-state index contributed by atoms with van der Waals surface area (Å²) in [5.41, 5.74) is 8.63. The molecule has 0 fully saturated rings. The number of unbranched alkanes of at least 4 members (excludes halogenated alkanes) is 2. The molecule has 0 aromatic heterocycles. The third-order valence-electron chi connectivity index (χ3n) is 9.73. The van der Waals surface area contributed by atoms with Gasteiger partial charge in [0.05, 0.1) is 25.7 Å². The highest BCUT2D eigenvalue weighted by atomic mass is 16.6. The molecule has 0 radical (unpaired) electrons. The Morgan fingerprint density at radius 1 is 0.557 bits per heavy atom. The van der Waals surface area contributed by atoms with Crippen molar-refractivity contribution in [2.45, 2.75) is 106 Å². The molecule has 328 valence electrons. The van der Waals surface area contributed by atoms with Crippen molar-refractivity contribution in [3.63, 3.8) is 0 Å².